The zero-order valence-corrected chi connectivity index (χ0v) is 15.1. The zero-order valence-electron chi connectivity index (χ0n) is 11.2. The molecule has 1 nitrogen and oxygen atoms in total. The molecule has 0 spiro atoms. The van der Waals surface area contributed by atoms with Gasteiger partial charge in [-0.15, -0.1) is 0 Å². The first-order chi connectivity index (χ1) is 9.61. The summed E-state index contributed by atoms with van der Waals surface area (Å²) in [6, 6.07) is 14.4. The summed E-state index contributed by atoms with van der Waals surface area (Å²) >= 11 is 13.4. The summed E-state index contributed by atoms with van der Waals surface area (Å²) in [6.07, 6.45) is 1.08. The first-order valence-electron chi connectivity index (χ1n) is 6.55. The van der Waals surface area contributed by atoms with E-state index in [1.165, 1.54) is 5.56 Å². The zero-order chi connectivity index (χ0) is 14.5. The molecule has 1 atom stereocenters. The van der Waals surface area contributed by atoms with Gasteiger partial charge >= 0.3 is 0 Å². The Morgan fingerprint density at radius 3 is 2.35 bits per heavy atom. The lowest BCUT2D eigenvalue weighted by atomic mass is 9.98. The van der Waals surface area contributed by atoms with Crippen LogP contribution in [0, 0.1) is 0 Å². The molecule has 0 aliphatic carbocycles. The summed E-state index contributed by atoms with van der Waals surface area (Å²) in [5.41, 5.74) is 2.30. The van der Waals surface area contributed by atoms with Gasteiger partial charge in [0.25, 0.3) is 0 Å². The Kier molecular flexibility index (Phi) is 6.09. The predicted octanol–water partition coefficient (Wildman–Crippen LogP) is 5.95. The van der Waals surface area contributed by atoms with Gasteiger partial charge in [0.05, 0.1) is 6.04 Å². The molecule has 2 aromatic carbocycles. The van der Waals surface area contributed by atoms with Crippen LogP contribution in [0.3, 0.4) is 0 Å². The third-order valence-corrected chi connectivity index (χ3v) is 4.44. The van der Waals surface area contributed by atoms with Crippen molar-refractivity contribution in [3.05, 3.63) is 67.6 Å². The van der Waals surface area contributed by atoms with Crippen molar-refractivity contribution in [1.82, 2.24) is 5.32 Å². The Hall–Kier alpha value is -0.350. The van der Waals surface area contributed by atoms with Gasteiger partial charge in [-0.2, -0.15) is 0 Å². The van der Waals surface area contributed by atoms with Crippen LogP contribution < -0.4 is 5.32 Å². The molecule has 0 saturated carbocycles. The highest BCUT2D eigenvalue weighted by atomic mass is 79.9. The minimum Gasteiger partial charge on any atom is -0.306 e. The van der Waals surface area contributed by atoms with E-state index in [4.69, 9.17) is 11.6 Å². The van der Waals surface area contributed by atoms with E-state index in [-0.39, 0.29) is 6.04 Å². The number of nitrogens with one attached hydrogen (secondary N) is 1. The van der Waals surface area contributed by atoms with Gasteiger partial charge in [0.15, 0.2) is 0 Å². The topological polar surface area (TPSA) is 12.0 Å². The molecule has 1 unspecified atom stereocenters. The van der Waals surface area contributed by atoms with Crippen LogP contribution in [0.2, 0.25) is 5.02 Å². The molecule has 2 aromatic rings. The molecule has 2 rings (SSSR count). The molecule has 0 heterocycles. The van der Waals surface area contributed by atoms with E-state index < -0.39 is 0 Å². The van der Waals surface area contributed by atoms with E-state index in [2.05, 4.69) is 74.4 Å². The van der Waals surface area contributed by atoms with Gasteiger partial charge in [0.1, 0.15) is 0 Å². The van der Waals surface area contributed by atoms with Crippen LogP contribution >= 0.6 is 43.5 Å². The molecular formula is C16H16Br2ClN. The van der Waals surface area contributed by atoms with Gasteiger partial charge < -0.3 is 5.32 Å². The monoisotopic (exact) mass is 415 g/mol. The largest absolute Gasteiger partial charge is 0.306 e. The van der Waals surface area contributed by atoms with Crippen LogP contribution in [-0.2, 0) is 0 Å². The van der Waals surface area contributed by atoms with Gasteiger partial charge in [-0.3, -0.25) is 0 Å². The van der Waals surface area contributed by atoms with E-state index in [0.29, 0.717) is 0 Å². The van der Waals surface area contributed by atoms with E-state index in [9.17, 15) is 0 Å². The molecule has 1 N–H and O–H groups in total. The lowest BCUT2D eigenvalue weighted by Crippen LogP contribution is -2.23. The van der Waals surface area contributed by atoms with Crippen molar-refractivity contribution in [3.8, 4) is 0 Å². The highest BCUT2D eigenvalue weighted by Gasteiger charge is 2.16. The molecule has 0 saturated heterocycles. The average Bonchev–Trinajstić information content (AvgIpc) is 2.44. The van der Waals surface area contributed by atoms with Gasteiger partial charge in [-0.05, 0) is 54.4 Å². The van der Waals surface area contributed by atoms with Crippen LogP contribution in [0.15, 0.2) is 51.4 Å². The lowest BCUT2D eigenvalue weighted by molar-refractivity contribution is 0.598. The second-order valence-corrected chi connectivity index (χ2v) is 6.84. The maximum absolute atomic E-state index is 6.38. The van der Waals surface area contributed by atoms with Crippen molar-refractivity contribution in [3.63, 3.8) is 0 Å². The fraction of sp³-hybridized carbons (Fsp3) is 0.250. The summed E-state index contributed by atoms with van der Waals surface area (Å²) in [5, 5.41) is 4.35. The van der Waals surface area contributed by atoms with Crippen LogP contribution in [0.5, 0.6) is 0 Å². The van der Waals surface area contributed by atoms with Crippen molar-refractivity contribution in [2.45, 2.75) is 19.4 Å². The minimum absolute atomic E-state index is 0.105. The molecule has 106 valence electrons. The fourth-order valence-corrected chi connectivity index (χ4v) is 2.96. The van der Waals surface area contributed by atoms with Gasteiger partial charge in [0.2, 0.25) is 0 Å². The van der Waals surface area contributed by atoms with Crippen LogP contribution in [0.4, 0.5) is 0 Å². The third kappa shape index (κ3) is 4.08. The number of hydrogen-bond donors (Lipinski definition) is 1. The standard InChI is InChI=1S/C16H16Br2ClN/c1-2-9-20-16(11-3-5-12(17)6-4-11)14-10-13(18)7-8-15(14)19/h3-8,10,16,20H,2,9H2,1H3. The highest BCUT2D eigenvalue weighted by molar-refractivity contribution is 9.10. The van der Waals surface area contributed by atoms with E-state index in [0.717, 1.165) is 32.5 Å². The SMILES string of the molecule is CCCNC(c1ccc(Br)cc1)c1cc(Br)ccc1Cl. The Labute approximate surface area is 142 Å². The van der Waals surface area contributed by atoms with Crippen molar-refractivity contribution in [2.75, 3.05) is 6.54 Å². The Balaban J connectivity index is 2.41. The molecule has 0 fully saturated rings. The number of hydrogen-bond acceptors (Lipinski definition) is 1. The number of rotatable bonds is 5. The Morgan fingerprint density at radius 1 is 1.05 bits per heavy atom. The van der Waals surface area contributed by atoms with E-state index in [1.807, 2.05) is 12.1 Å². The quantitative estimate of drug-likeness (QED) is 0.633. The van der Waals surface area contributed by atoms with Gasteiger partial charge in [0, 0.05) is 14.0 Å². The molecule has 0 aliphatic heterocycles. The summed E-state index contributed by atoms with van der Waals surface area (Å²) in [4.78, 5) is 0. The van der Waals surface area contributed by atoms with E-state index >= 15 is 0 Å². The maximum atomic E-state index is 6.38. The van der Waals surface area contributed by atoms with Crippen LogP contribution in [0.1, 0.15) is 30.5 Å². The van der Waals surface area contributed by atoms with Crippen LogP contribution in [-0.4, -0.2) is 6.54 Å². The second kappa shape index (κ2) is 7.60. The summed E-state index contributed by atoms with van der Waals surface area (Å²) in [6.45, 7) is 3.11. The highest BCUT2D eigenvalue weighted by Crippen LogP contribution is 2.31. The summed E-state index contributed by atoms with van der Waals surface area (Å²) in [7, 11) is 0. The molecule has 4 heteroatoms. The normalized spacial score (nSPS) is 12.4. The van der Waals surface area contributed by atoms with Crippen molar-refractivity contribution >= 4 is 43.5 Å². The minimum atomic E-state index is 0.105. The maximum Gasteiger partial charge on any atom is 0.0591 e. The number of benzene rings is 2. The van der Waals surface area contributed by atoms with Gasteiger partial charge in [-0.25, -0.2) is 0 Å². The summed E-state index contributed by atoms with van der Waals surface area (Å²) in [5.74, 6) is 0. The Morgan fingerprint density at radius 2 is 1.70 bits per heavy atom. The Bertz CT molecular complexity index is 569. The van der Waals surface area contributed by atoms with Crippen molar-refractivity contribution in [2.24, 2.45) is 0 Å². The molecule has 0 radical (unpaired) electrons. The predicted molar refractivity (Wildman–Crippen MR) is 93.4 cm³/mol. The first-order valence-corrected chi connectivity index (χ1v) is 8.52. The molecule has 0 bridgehead atoms. The fourth-order valence-electron chi connectivity index (χ4n) is 2.09. The lowest BCUT2D eigenvalue weighted by Gasteiger charge is -2.21. The van der Waals surface area contributed by atoms with E-state index in [1.54, 1.807) is 0 Å². The molecule has 0 aromatic heterocycles. The smallest absolute Gasteiger partial charge is 0.0591 e. The molecule has 0 amide bonds. The van der Waals surface area contributed by atoms with Crippen molar-refractivity contribution in [1.29, 1.82) is 0 Å². The molecular weight excluding hydrogens is 401 g/mol. The summed E-state index contributed by atoms with van der Waals surface area (Å²) < 4.78 is 2.12. The molecule has 20 heavy (non-hydrogen) atoms. The third-order valence-electron chi connectivity index (χ3n) is 3.07. The molecule has 0 aliphatic rings. The average molecular weight is 418 g/mol. The first kappa shape index (κ1) is 16.0. The van der Waals surface area contributed by atoms with Crippen LogP contribution in [0.25, 0.3) is 0 Å². The second-order valence-electron chi connectivity index (χ2n) is 4.60. The van der Waals surface area contributed by atoms with Crippen molar-refractivity contribution < 1.29 is 0 Å². The number of halogens is 3. The van der Waals surface area contributed by atoms with Gasteiger partial charge in [-0.1, -0.05) is 62.5 Å².